The van der Waals surface area contributed by atoms with Crippen LogP contribution in [0.2, 0.25) is 0 Å². The van der Waals surface area contributed by atoms with E-state index in [-0.39, 0.29) is 11.6 Å². The van der Waals surface area contributed by atoms with Gasteiger partial charge in [0, 0.05) is 59.1 Å². The number of rotatable bonds is 10. The fourth-order valence-corrected chi connectivity index (χ4v) is 7.51. The first-order chi connectivity index (χ1) is 39.1. The SMILES string of the molecule is CCCC#Cc1ccc(-c2ccc(C#N)cc2)c(F)c1.CCCC#Cc1ccc(-c2ccc(C#N)cc2)cc1.CCCCC#Cc1ccc(-c2ccc(C#N)cc2)c(F)c1.CCCCC#Cc1ccc(-c2ccc(C#N)cc2)cc1. The van der Waals surface area contributed by atoms with Crippen molar-refractivity contribution in [2.45, 2.75) is 91.9 Å². The lowest BCUT2D eigenvalue weighted by Gasteiger charge is -2.04. The second-order valence-corrected chi connectivity index (χ2v) is 18.2. The molecule has 0 saturated heterocycles. The van der Waals surface area contributed by atoms with Gasteiger partial charge in [0.15, 0.2) is 0 Å². The summed E-state index contributed by atoms with van der Waals surface area (Å²) < 4.78 is 28.3. The molecule has 0 aliphatic carbocycles. The third-order valence-electron chi connectivity index (χ3n) is 12.0. The molecule has 0 aliphatic heterocycles. The number of nitriles is 4. The highest BCUT2D eigenvalue weighted by Gasteiger charge is 2.08. The summed E-state index contributed by atoms with van der Waals surface area (Å²) in [4.78, 5) is 0. The maximum absolute atomic E-state index is 14.2. The molecular formula is C74H62F2N4. The molecule has 0 saturated carbocycles. The number of hydrogen-bond donors (Lipinski definition) is 0. The van der Waals surface area contributed by atoms with E-state index in [2.05, 4.69) is 118 Å². The van der Waals surface area contributed by atoms with Crippen molar-refractivity contribution in [3.8, 4) is 116 Å². The lowest BCUT2D eigenvalue weighted by atomic mass is 10.0. The molecule has 0 atom stereocenters. The summed E-state index contributed by atoms with van der Waals surface area (Å²) in [7, 11) is 0. The zero-order chi connectivity index (χ0) is 57.2. The summed E-state index contributed by atoms with van der Waals surface area (Å²) in [5.41, 5.74) is 13.1. The molecule has 80 heavy (non-hydrogen) atoms. The van der Waals surface area contributed by atoms with E-state index in [0.29, 0.717) is 44.5 Å². The van der Waals surface area contributed by atoms with Crippen molar-refractivity contribution >= 4 is 0 Å². The predicted octanol–water partition coefficient (Wildman–Crippen LogP) is 18.6. The summed E-state index contributed by atoms with van der Waals surface area (Å²) in [5.74, 6) is 24.1. The van der Waals surface area contributed by atoms with Crippen molar-refractivity contribution in [3.63, 3.8) is 0 Å². The first kappa shape index (κ1) is 60.7. The predicted molar refractivity (Wildman–Crippen MR) is 323 cm³/mol. The van der Waals surface area contributed by atoms with Gasteiger partial charge in [0.25, 0.3) is 0 Å². The lowest BCUT2D eigenvalue weighted by molar-refractivity contribution is 0.630. The van der Waals surface area contributed by atoms with Gasteiger partial charge in [0.2, 0.25) is 0 Å². The van der Waals surface area contributed by atoms with Crippen LogP contribution in [0.5, 0.6) is 0 Å². The maximum atomic E-state index is 14.2. The Balaban J connectivity index is 0.000000196. The molecule has 0 bridgehead atoms. The number of halogens is 2. The second kappa shape index (κ2) is 34.5. The minimum absolute atomic E-state index is 0.290. The van der Waals surface area contributed by atoms with Crippen molar-refractivity contribution < 1.29 is 8.78 Å². The Morgan fingerprint density at radius 1 is 0.275 bits per heavy atom. The van der Waals surface area contributed by atoms with Gasteiger partial charge in [-0.2, -0.15) is 21.0 Å². The van der Waals surface area contributed by atoms with Gasteiger partial charge in [-0.1, -0.05) is 173 Å². The van der Waals surface area contributed by atoms with Crippen LogP contribution in [0.4, 0.5) is 8.78 Å². The number of hydrogen-bond acceptors (Lipinski definition) is 4. The number of nitrogens with zero attached hydrogens (tertiary/aromatic N) is 4. The average Bonchev–Trinajstić information content (AvgIpc) is 3.52. The van der Waals surface area contributed by atoms with Crippen LogP contribution in [0.3, 0.4) is 0 Å². The molecule has 0 spiro atoms. The van der Waals surface area contributed by atoms with E-state index < -0.39 is 0 Å². The minimum atomic E-state index is -0.294. The van der Waals surface area contributed by atoms with Crippen LogP contribution in [-0.4, -0.2) is 0 Å². The molecule has 0 fully saturated rings. The van der Waals surface area contributed by atoms with Crippen molar-refractivity contribution in [2.24, 2.45) is 0 Å². The highest BCUT2D eigenvalue weighted by molar-refractivity contribution is 5.69. The molecule has 6 heteroatoms. The van der Waals surface area contributed by atoms with E-state index in [1.54, 1.807) is 60.7 Å². The van der Waals surface area contributed by atoms with E-state index in [0.717, 1.165) is 102 Å². The van der Waals surface area contributed by atoms with E-state index in [4.69, 9.17) is 21.0 Å². The maximum Gasteiger partial charge on any atom is 0.132 e. The second-order valence-electron chi connectivity index (χ2n) is 18.2. The molecule has 0 aliphatic rings. The van der Waals surface area contributed by atoms with Crippen LogP contribution in [0.1, 0.15) is 136 Å². The minimum Gasteiger partial charge on any atom is -0.206 e. The molecule has 0 heterocycles. The topological polar surface area (TPSA) is 95.2 Å². The molecule has 0 N–H and O–H groups in total. The van der Waals surface area contributed by atoms with Gasteiger partial charge in [-0.15, -0.1) is 0 Å². The van der Waals surface area contributed by atoms with Crippen LogP contribution >= 0.6 is 0 Å². The van der Waals surface area contributed by atoms with Crippen molar-refractivity contribution in [1.29, 1.82) is 21.0 Å². The monoisotopic (exact) mass is 1040 g/mol. The largest absolute Gasteiger partial charge is 0.206 e. The molecule has 392 valence electrons. The molecule has 8 aromatic carbocycles. The fraction of sp³-hybridized carbons (Fsp3) is 0.189. The Kier molecular flexibility index (Phi) is 26.2. The Hall–Kier alpha value is -10.2. The zero-order valence-electron chi connectivity index (χ0n) is 45.9. The highest BCUT2D eigenvalue weighted by atomic mass is 19.1. The van der Waals surface area contributed by atoms with E-state index in [9.17, 15) is 8.78 Å². The van der Waals surface area contributed by atoms with Crippen molar-refractivity contribution in [3.05, 3.63) is 238 Å². The van der Waals surface area contributed by atoms with Crippen LogP contribution in [0, 0.1) is 104 Å². The summed E-state index contributed by atoms with van der Waals surface area (Å²) in [6.07, 6.45) is 10.2. The average molecular weight is 1050 g/mol. The van der Waals surface area contributed by atoms with Gasteiger partial charge in [0.05, 0.1) is 46.5 Å². The standard InChI is InChI=1S/C19H16FN.C19H17N.C18H14FN.C18H15N/c1-2-3-4-5-6-15-9-12-18(19(20)13-15)17-10-7-16(14-21)8-11-17;1-2-3-4-5-6-16-7-11-18(12-8-16)19-13-9-17(15-20)10-14-19;1-2-3-4-5-14-8-11-17(18(19)12-14)16-9-6-15(13-20)7-10-16;1-2-3-4-5-15-6-10-17(11-7-15)18-12-8-16(14-19)9-13-18/h7-13H,2-4H2,1H3;7-14H,2-4H2,1H3;6-12H,2-3H2,1H3;6-13H,2-3H2,1H3. The third kappa shape index (κ3) is 20.4. The summed E-state index contributed by atoms with van der Waals surface area (Å²) >= 11 is 0. The van der Waals surface area contributed by atoms with Crippen LogP contribution in [-0.2, 0) is 0 Å². The normalized spacial score (nSPS) is 9.43. The van der Waals surface area contributed by atoms with Gasteiger partial charge in [0.1, 0.15) is 11.6 Å². The third-order valence-corrected chi connectivity index (χ3v) is 12.0. The Labute approximate surface area is 473 Å². The number of benzene rings is 8. The Bertz CT molecular complexity index is 3690. The van der Waals surface area contributed by atoms with E-state index in [1.165, 1.54) is 18.6 Å². The molecule has 0 amide bonds. The molecule has 0 unspecified atom stereocenters. The van der Waals surface area contributed by atoms with E-state index in [1.807, 2.05) is 91.0 Å². The van der Waals surface area contributed by atoms with Gasteiger partial charge >= 0.3 is 0 Å². The Morgan fingerprint density at radius 3 is 0.762 bits per heavy atom. The molecule has 4 nitrogen and oxygen atoms in total. The fourth-order valence-electron chi connectivity index (χ4n) is 7.51. The molecule has 0 radical (unpaired) electrons. The zero-order valence-corrected chi connectivity index (χ0v) is 45.9. The van der Waals surface area contributed by atoms with Gasteiger partial charge < -0.3 is 0 Å². The first-order valence-corrected chi connectivity index (χ1v) is 26.9. The highest BCUT2D eigenvalue weighted by Crippen LogP contribution is 2.26. The van der Waals surface area contributed by atoms with Crippen LogP contribution in [0.15, 0.2) is 182 Å². The molecular weight excluding hydrogens is 983 g/mol. The molecule has 0 aromatic heterocycles. The summed E-state index contributed by atoms with van der Waals surface area (Å²) in [6, 6.07) is 63.8. The first-order valence-electron chi connectivity index (χ1n) is 26.9. The molecule has 8 rings (SSSR count). The lowest BCUT2D eigenvalue weighted by Crippen LogP contribution is -1.87. The van der Waals surface area contributed by atoms with E-state index >= 15 is 0 Å². The smallest absolute Gasteiger partial charge is 0.132 e. The summed E-state index contributed by atoms with van der Waals surface area (Å²) in [6.45, 7) is 8.48. The Morgan fingerprint density at radius 2 is 0.512 bits per heavy atom. The summed E-state index contributed by atoms with van der Waals surface area (Å²) in [5, 5.41) is 35.1. The van der Waals surface area contributed by atoms with Crippen molar-refractivity contribution in [2.75, 3.05) is 0 Å². The van der Waals surface area contributed by atoms with Crippen LogP contribution in [0.25, 0.3) is 44.5 Å². The van der Waals surface area contributed by atoms with Crippen molar-refractivity contribution in [1.82, 2.24) is 0 Å². The van der Waals surface area contributed by atoms with Crippen LogP contribution < -0.4 is 0 Å². The molecule has 8 aromatic rings. The van der Waals surface area contributed by atoms with Gasteiger partial charge in [-0.05, 0) is 156 Å². The van der Waals surface area contributed by atoms with Gasteiger partial charge in [-0.3, -0.25) is 0 Å². The quantitative estimate of drug-likeness (QED) is 0.101. The number of unbranched alkanes of at least 4 members (excludes halogenated alkanes) is 6. The van der Waals surface area contributed by atoms with Gasteiger partial charge in [-0.25, -0.2) is 8.78 Å².